The monoisotopic (exact) mass is 295 g/mol. The minimum Gasteiger partial charge on any atom is -0.377 e. The van der Waals surface area contributed by atoms with E-state index in [4.69, 9.17) is 4.74 Å². The van der Waals surface area contributed by atoms with Crippen LogP contribution < -0.4 is 5.32 Å². The molecule has 0 aliphatic heterocycles. The summed E-state index contributed by atoms with van der Waals surface area (Å²) >= 11 is 0. The van der Waals surface area contributed by atoms with Crippen molar-refractivity contribution in [1.29, 1.82) is 0 Å². The van der Waals surface area contributed by atoms with E-state index >= 15 is 0 Å². The molecule has 0 aromatic carbocycles. The molecule has 1 rings (SSSR count). The topological polar surface area (TPSA) is 39.1 Å². The molecule has 4 heteroatoms. The summed E-state index contributed by atoms with van der Waals surface area (Å²) in [5.41, 5.74) is 2.41. The van der Waals surface area contributed by atoms with Crippen LogP contribution in [0.5, 0.6) is 0 Å². The van der Waals surface area contributed by atoms with Crippen molar-refractivity contribution in [3.8, 4) is 0 Å². The van der Waals surface area contributed by atoms with Crippen LogP contribution in [0.1, 0.15) is 58.3 Å². The molecule has 1 aromatic rings. The maximum atomic E-state index is 6.00. The van der Waals surface area contributed by atoms with Crippen molar-refractivity contribution in [1.82, 2.24) is 15.1 Å². The number of ether oxygens (including phenoxy) is 1. The standard InChI is InChI=1S/C17H33N3O/c1-6-10-17(21-9-4)16(18-11-7-2)13-15-12-14(5)19-20(15)8-3/h12,16-18H,6-11,13H2,1-5H3. The number of aromatic nitrogens is 2. The van der Waals surface area contributed by atoms with Gasteiger partial charge in [-0.3, -0.25) is 4.68 Å². The van der Waals surface area contributed by atoms with Crippen LogP contribution in [0, 0.1) is 6.92 Å². The molecule has 0 aliphatic carbocycles. The van der Waals surface area contributed by atoms with Gasteiger partial charge in [0.25, 0.3) is 0 Å². The van der Waals surface area contributed by atoms with Crippen LogP contribution in [0.2, 0.25) is 0 Å². The molecular weight excluding hydrogens is 262 g/mol. The summed E-state index contributed by atoms with van der Waals surface area (Å²) in [7, 11) is 0. The average molecular weight is 295 g/mol. The summed E-state index contributed by atoms with van der Waals surface area (Å²) in [6, 6.07) is 2.57. The van der Waals surface area contributed by atoms with Gasteiger partial charge < -0.3 is 10.1 Å². The maximum Gasteiger partial charge on any atom is 0.0731 e. The summed E-state index contributed by atoms with van der Waals surface area (Å²) in [5.74, 6) is 0. The molecule has 0 amide bonds. The molecule has 0 radical (unpaired) electrons. The minimum atomic E-state index is 0.284. The average Bonchev–Trinajstić information content (AvgIpc) is 2.83. The Hall–Kier alpha value is -0.870. The molecule has 0 aliphatic rings. The number of nitrogens with one attached hydrogen (secondary N) is 1. The summed E-state index contributed by atoms with van der Waals surface area (Å²) in [6.45, 7) is 13.5. The second-order valence-electron chi connectivity index (χ2n) is 5.64. The Morgan fingerprint density at radius 3 is 2.57 bits per heavy atom. The third-order valence-corrected chi connectivity index (χ3v) is 3.77. The van der Waals surface area contributed by atoms with Gasteiger partial charge in [0.05, 0.1) is 11.8 Å². The van der Waals surface area contributed by atoms with Crippen LogP contribution >= 0.6 is 0 Å². The molecule has 4 nitrogen and oxygen atoms in total. The van der Waals surface area contributed by atoms with Gasteiger partial charge >= 0.3 is 0 Å². The Morgan fingerprint density at radius 2 is 2.00 bits per heavy atom. The molecule has 1 heterocycles. The van der Waals surface area contributed by atoms with Crippen LogP contribution in [0.4, 0.5) is 0 Å². The van der Waals surface area contributed by atoms with Gasteiger partial charge in [0.2, 0.25) is 0 Å². The van der Waals surface area contributed by atoms with E-state index in [1.54, 1.807) is 0 Å². The fourth-order valence-corrected chi connectivity index (χ4v) is 2.83. The first-order valence-corrected chi connectivity index (χ1v) is 8.54. The van der Waals surface area contributed by atoms with Crippen molar-refractivity contribution in [2.24, 2.45) is 0 Å². The van der Waals surface area contributed by atoms with Crippen LogP contribution in [0.3, 0.4) is 0 Å². The first-order valence-electron chi connectivity index (χ1n) is 8.54. The quantitative estimate of drug-likeness (QED) is 0.680. The highest BCUT2D eigenvalue weighted by molar-refractivity contribution is 5.11. The van der Waals surface area contributed by atoms with Gasteiger partial charge in [0, 0.05) is 31.3 Å². The number of nitrogens with zero attached hydrogens (tertiary/aromatic N) is 2. The van der Waals surface area contributed by atoms with Crippen molar-refractivity contribution in [2.45, 2.75) is 79.0 Å². The second-order valence-corrected chi connectivity index (χ2v) is 5.64. The highest BCUT2D eigenvalue weighted by Gasteiger charge is 2.22. The van der Waals surface area contributed by atoms with Gasteiger partial charge in [-0.15, -0.1) is 0 Å². The van der Waals surface area contributed by atoms with E-state index in [0.29, 0.717) is 6.04 Å². The van der Waals surface area contributed by atoms with Crippen LogP contribution in [0.15, 0.2) is 6.07 Å². The highest BCUT2D eigenvalue weighted by Crippen LogP contribution is 2.15. The maximum absolute atomic E-state index is 6.00. The lowest BCUT2D eigenvalue weighted by Crippen LogP contribution is -2.43. The van der Waals surface area contributed by atoms with Crippen molar-refractivity contribution in [3.05, 3.63) is 17.5 Å². The minimum absolute atomic E-state index is 0.284. The molecule has 1 aromatic heterocycles. The fraction of sp³-hybridized carbons (Fsp3) is 0.824. The van der Waals surface area contributed by atoms with Crippen molar-refractivity contribution in [3.63, 3.8) is 0 Å². The predicted octanol–water partition coefficient (Wildman–Crippen LogP) is 3.33. The van der Waals surface area contributed by atoms with Crippen molar-refractivity contribution < 1.29 is 4.74 Å². The van der Waals surface area contributed by atoms with E-state index in [1.165, 1.54) is 5.69 Å². The Morgan fingerprint density at radius 1 is 1.24 bits per heavy atom. The predicted molar refractivity (Wildman–Crippen MR) is 88.7 cm³/mol. The normalized spacial score (nSPS) is 14.3. The van der Waals surface area contributed by atoms with Crippen LogP contribution in [0.25, 0.3) is 0 Å². The second kappa shape index (κ2) is 9.96. The van der Waals surface area contributed by atoms with Gasteiger partial charge in [0.15, 0.2) is 0 Å². The Kier molecular flexibility index (Phi) is 8.62. The molecular formula is C17H33N3O. The van der Waals surface area contributed by atoms with E-state index in [9.17, 15) is 0 Å². The Bertz CT molecular complexity index is 383. The fourth-order valence-electron chi connectivity index (χ4n) is 2.83. The summed E-state index contributed by atoms with van der Waals surface area (Å²) in [4.78, 5) is 0. The molecule has 0 fully saturated rings. The lowest BCUT2D eigenvalue weighted by Gasteiger charge is -2.28. The lowest BCUT2D eigenvalue weighted by molar-refractivity contribution is 0.0277. The molecule has 2 unspecified atom stereocenters. The zero-order valence-corrected chi connectivity index (χ0v) is 14.5. The molecule has 0 spiro atoms. The number of aryl methyl sites for hydroxylation is 2. The van der Waals surface area contributed by atoms with Gasteiger partial charge in [0.1, 0.15) is 0 Å². The smallest absolute Gasteiger partial charge is 0.0731 e. The molecule has 1 N–H and O–H groups in total. The molecule has 122 valence electrons. The molecule has 0 saturated heterocycles. The zero-order valence-electron chi connectivity index (χ0n) is 14.5. The van der Waals surface area contributed by atoms with E-state index in [0.717, 1.165) is 51.1 Å². The van der Waals surface area contributed by atoms with E-state index in [-0.39, 0.29) is 6.10 Å². The van der Waals surface area contributed by atoms with Crippen molar-refractivity contribution in [2.75, 3.05) is 13.2 Å². The van der Waals surface area contributed by atoms with Crippen LogP contribution in [-0.4, -0.2) is 35.1 Å². The SMILES string of the molecule is CCCNC(Cc1cc(C)nn1CC)C(CCC)OCC. The Balaban J connectivity index is 2.84. The number of rotatable bonds is 11. The van der Waals surface area contributed by atoms with Gasteiger partial charge in [-0.1, -0.05) is 20.3 Å². The number of hydrogen-bond donors (Lipinski definition) is 1. The summed E-state index contributed by atoms with van der Waals surface area (Å²) < 4.78 is 8.12. The molecule has 21 heavy (non-hydrogen) atoms. The lowest BCUT2D eigenvalue weighted by atomic mass is 10.0. The zero-order chi connectivity index (χ0) is 15.7. The number of hydrogen-bond acceptors (Lipinski definition) is 3. The molecule has 0 bridgehead atoms. The molecule has 2 atom stereocenters. The first kappa shape index (κ1) is 18.2. The summed E-state index contributed by atoms with van der Waals surface area (Å²) in [5, 5.41) is 8.24. The van der Waals surface area contributed by atoms with E-state index < -0.39 is 0 Å². The van der Waals surface area contributed by atoms with Crippen LogP contribution in [-0.2, 0) is 17.7 Å². The third kappa shape index (κ3) is 5.79. The molecule has 0 saturated carbocycles. The largest absolute Gasteiger partial charge is 0.377 e. The summed E-state index contributed by atoms with van der Waals surface area (Å²) in [6.07, 6.45) is 4.68. The van der Waals surface area contributed by atoms with E-state index in [1.807, 2.05) is 0 Å². The van der Waals surface area contributed by atoms with Crippen molar-refractivity contribution >= 4 is 0 Å². The third-order valence-electron chi connectivity index (χ3n) is 3.77. The van der Waals surface area contributed by atoms with Gasteiger partial charge in [-0.2, -0.15) is 5.10 Å². The highest BCUT2D eigenvalue weighted by atomic mass is 16.5. The Labute approximate surface area is 130 Å². The van der Waals surface area contributed by atoms with Gasteiger partial charge in [-0.05, 0) is 46.2 Å². The van der Waals surface area contributed by atoms with Gasteiger partial charge in [-0.25, -0.2) is 0 Å². The first-order chi connectivity index (χ1) is 10.2. The van der Waals surface area contributed by atoms with E-state index in [2.05, 4.69) is 55.8 Å².